The second-order valence-corrected chi connectivity index (χ2v) is 6.10. The molecule has 6 heteroatoms. The second kappa shape index (κ2) is 7.97. The van der Waals surface area contributed by atoms with Gasteiger partial charge in [0, 0.05) is 5.70 Å². The first-order valence-electron chi connectivity index (χ1n) is 7.75. The van der Waals surface area contributed by atoms with Gasteiger partial charge in [-0.3, -0.25) is 0 Å². The highest BCUT2D eigenvalue weighted by molar-refractivity contribution is 7.80. The van der Waals surface area contributed by atoms with Crippen LogP contribution in [0.3, 0.4) is 0 Å². The summed E-state index contributed by atoms with van der Waals surface area (Å²) in [7, 11) is 0. The lowest BCUT2D eigenvalue weighted by atomic mass is 9.95. The van der Waals surface area contributed by atoms with Crippen LogP contribution in [0.1, 0.15) is 32.4 Å². The first kappa shape index (κ1) is 18.0. The van der Waals surface area contributed by atoms with Crippen LogP contribution in [0.5, 0.6) is 5.75 Å². The van der Waals surface area contributed by atoms with Gasteiger partial charge in [-0.15, -0.1) is 0 Å². The van der Waals surface area contributed by atoms with Gasteiger partial charge < -0.3 is 20.1 Å². The van der Waals surface area contributed by atoms with Crippen molar-refractivity contribution in [3.8, 4) is 5.75 Å². The molecule has 2 N–H and O–H groups in total. The molecule has 2 rings (SSSR count). The van der Waals surface area contributed by atoms with Gasteiger partial charge in [-0.2, -0.15) is 0 Å². The summed E-state index contributed by atoms with van der Waals surface area (Å²) in [6.45, 7) is 9.53. The topological polar surface area (TPSA) is 59.6 Å². The SMILES string of the molecule is C=CCOc1ccc([C@H]2NC(=S)NC(C)=C2C(=O)OC(C)C)cc1. The Morgan fingerprint density at radius 2 is 2.04 bits per heavy atom. The van der Waals surface area contributed by atoms with Crippen LogP contribution >= 0.6 is 12.2 Å². The molecule has 0 amide bonds. The smallest absolute Gasteiger partial charge is 0.338 e. The van der Waals surface area contributed by atoms with Gasteiger partial charge in [0.2, 0.25) is 0 Å². The molecule has 0 aliphatic carbocycles. The molecule has 0 fully saturated rings. The number of rotatable bonds is 6. The van der Waals surface area contributed by atoms with Crippen molar-refractivity contribution in [1.29, 1.82) is 0 Å². The summed E-state index contributed by atoms with van der Waals surface area (Å²) in [5.41, 5.74) is 2.12. The van der Waals surface area contributed by atoms with E-state index in [0.717, 1.165) is 11.3 Å². The first-order valence-corrected chi connectivity index (χ1v) is 8.16. The average Bonchev–Trinajstić information content (AvgIpc) is 2.51. The summed E-state index contributed by atoms with van der Waals surface area (Å²) in [6, 6.07) is 7.15. The van der Waals surface area contributed by atoms with Crippen molar-refractivity contribution in [3.63, 3.8) is 0 Å². The number of carbonyl (C=O) groups excluding carboxylic acids is 1. The molecular weight excluding hydrogens is 324 g/mol. The zero-order chi connectivity index (χ0) is 17.7. The molecule has 0 unspecified atom stereocenters. The fourth-order valence-corrected chi connectivity index (χ4v) is 2.67. The standard InChI is InChI=1S/C18H22N2O3S/c1-5-10-22-14-8-6-13(7-9-14)16-15(17(21)23-11(2)3)12(4)19-18(24)20-16/h5-9,11,16H,1,10H2,2-4H3,(H2,19,20,24)/t16-/m1/s1. The lowest BCUT2D eigenvalue weighted by Crippen LogP contribution is -2.45. The molecule has 128 valence electrons. The van der Waals surface area contributed by atoms with Gasteiger partial charge in [-0.05, 0) is 50.7 Å². The van der Waals surface area contributed by atoms with Gasteiger partial charge in [0.25, 0.3) is 0 Å². The van der Waals surface area contributed by atoms with Crippen molar-refractivity contribution < 1.29 is 14.3 Å². The molecule has 0 spiro atoms. The van der Waals surface area contributed by atoms with Crippen molar-refractivity contribution in [2.24, 2.45) is 0 Å². The molecule has 0 bridgehead atoms. The van der Waals surface area contributed by atoms with Crippen molar-refractivity contribution in [2.45, 2.75) is 32.9 Å². The van der Waals surface area contributed by atoms with Gasteiger partial charge in [0.05, 0.1) is 17.7 Å². The molecule has 1 aliphatic heterocycles. The lowest BCUT2D eigenvalue weighted by Gasteiger charge is -2.30. The number of hydrogen-bond donors (Lipinski definition) is 2. The summed E-state index contributed by atoms with van der Waals surface area (Å²) < 4.78 is 10.9. The number of thiocarbonyl (C=S) groups is 1. The Balaban J connectivity index is 2.30. The number of allylic oxidation sites excluding steroid dienone is 1. The Labute approximate surface area is 147 Å². The Hall–Kier alpha value is -2.34. The third-order valence-electron chi connectivity index (χ3n) is 3.41. The van der Waals surface area contributed by atoms with Crippen LogP contribution in [0, 0.1) is 0 Å². The largest absolute Gasteiger partial charge is 0.490 e. The highest BCUT2D eigenvalue weighted by atomic mass is 32.1. The number of ether oxygens (including phenoxy) is 2. The maximum absolute atomic E-state index is 12.5. The zero-order valence-corrected chi connectivity index (χ0v) is 14.9. The highest BCUT2D eigenvalue weighted by Gasteiger charge is 2.31. The molecule has 0 aromatic heterocycles. The Bertz CT molecular complexity index is 665. The summed E-state index contributed by atoms with van der Waals surface area (Å²) >= 11 is 5.23. The predicted molar refractivity (Wildman–Crippen MR) is 97.7 cm³/mol. The van der Waals surface area contributed by atoms with E-state index in [-0.39, 0.29) is 18.1 Å². The van der Waals surface area contributed by atoms with Crippen molar-refractivity contribution in [3.05, 3.63) is 53.8 Å². The minimum absolute atomic E-state index is 0.193. The van der Waals surface area contributed by atoms with Crippen molar-refractivity contribution >= 4 is 23.3 Å². The van der Waals surface area contributed by atoms with Crippen LogP contribution in [0.4, 0.5) is 0 Å². The average molecular weight is 346 g/mol. The molecular formula is C18H22N2O3S. The van der Waals surface area contributed by atoms with E-state index in [1.165, 1.54) is 0 Å². The van der Waals surface area contributed by atoms with E-state index in [0.29, 0.717) is 23.0 Å². The molecule has 1 heterocycles. The number of esters is 1. The van der Waals surface area contributed by atoms with E-state index in [1.54, 1.807) is 6.08 Å². The normalized spacial score (nSPS) is 17.2. The van der Waals surface area contributed by atoms with Crippen LogP contribution in [-0.2, 0) is 9.53 Å². The van der Waals surface area contributed by atoms with Crippen LogP contribution < -0.4 is 15.4 Å². The molecule has 0 saturated carbocycles. The van der Waals surface area contributed by atoms with E-state index in [1.807, 2.05) is 45.0 Å². The monoisotopic (exact) mass is 346 g/mol. The molecule has 24 heavy (non-hydrogen) atoms. The number of carbonyl (C=O) groups is 1. The van der Waals surface area contributed by atoms with E-state index in [2.05, 4.69) is 17.2 Å². The maximum Gasteiger partial charge on any atom is 0.338 e. The highest BCUT2D eigenvalue weighted by Crippen LogP contribution is 2.29. The lowest BCUT2D eigenvalue weighted by molar-refractivity contribution is -0.143. The molecule has 1 aromatic rings. The van der Waals surface area contributed by atoms with Gasteiger partial charge >= 0.3 is 5.97 Å². The quantitative estimate of drug-likeness (QED) is 0.469. The van der Waals surface area contributed by atoms with Gasteiger partial charge in [-0.1, -0.05) is 24.8 Å². The summed E-state index contributed by atoms with van der Waals surface area (Å²) in [4.78, 5) is 12.5. The third-order valence-corrected chi connectivity index (χ3v) is 3.63. The predicted octanol–water partition coefficient (Wildman–Crippen LogP) is 3.00. The van der Waals surface area contributed by atoms with Crippen LogP contribution in [0.15, 0.2) is 48.2 Å². The van der Waals surface area contributed by atoms with Crippen LogP contribution in [0.25, 0.3) is 0 Å². The molecule has 1 atom stereocenters. The van der Waals surface area contributed by atoms with Crippen molar-refractivity contribution in [2.75, 3.05) is 6.61 Å². The fraction of sp³-hybridized carbons (Fsp3) is 0.333. The number of nitrogens with one attached hydrogen (secondary N) is 2. The summed E-state index contributed by atoms with van der Waals surface area (Å²) in [5, 5.41) is 6.60. The van der Waals surface area contributed by atoms with Crippen LogP contribution in [-0.4, -0.2) is 23.8 Å². The van der Waals surface area contributed by atoms with E-state index < -0.39 is 0 Å². The second-order valence-electron chi connectivity index (χ2n) is 5.69. The van der Waals surface area contributed by atoms with Crippen molar-refractivity contribution in [1.82, 2.24) is 10.6 Å². The molecule has 0 radical (unpaired) electrons. The minimum Gasteiger partial charge on any atom is -0.490 e. The van der Waals surface area contributed by atoms with Gasteiger partial charge in [0.15, 0.2) is 5.11 Å². The molecule has 1 aromatic carbocycles. The fourth-order valence-electron chi connectivity index (χ4n) is 2.40. The van der Waals surface area contributed by atoms with E-state index in [9.17, 15) is 4.79 Å². The number of benzene rings is 1. The summed E-state index contributed by atoms with van der Waals surface area (Å²) in [6.07, 6.45) is 1.49. The number of hydrogen-bond acceptors (Lipinski definition) is 4. The molecule has 1 aliphatic rings. The van der Waals surface area contributed by atoms with Gasteiger partial charge in [-0.25, -0.2) is 4.79 Å². The minimum atomic E-state index is -0.363. The molecule has 5 nitrogen and oxygen atoms in total. The Morgan fingerprint density at radius 1 is 1.38 bits per heavy atom. The summed E-state index contributed by atoms with van der Waals surface area (Å²) in [5.74, 6) is 0.379. The Kier molecular flexibility index (Phi) is 5.98. The van der Waals surface area contributed by atoms with Crippen LogP contribution in [0.2, 0.25) is 0 Å². The third kappa shape index (κ3) is 4.35. The zero-order valence-electron chi connectivity index (χ0n) is 14.1. The Morgan fingerprint density at radius 3 is 2.62 bits per heavy atom. The first-order chi connectivity index (χ1) is 11.4. The van der Waals surface area contributed by atoms with Gasteiger partial charge in [0.1, 0.15) is 12.4 Å². The maximum atomic E-state index is 12.5. The van der Waals surface area contributed by atoms with E-state index in [4.69, 9.17) is 21.7 Å². The molecule has 0 saturated heterocycles. The van der Waals surface area contributed by atoms with E-state index >= 15 is 0 Å².